The number of aliphatic hydroxyl groups excluding tert-OH is 1. The van der Waals surface area contributed by atoms with E-state index in [1.54, 1.807) is 0 Å². The second-order valence-corrected chi connectivity index (χ2v) is 10.2. The number of rotatable bonds is 14. The van der Waals surface area contributed by atoms with Crippen LogP contribution in [0, 0.1) is 0 Å². The number of hydrogen-bond acceptors (Lipinski definition) is 8. The molecule has 0 bridgehead atoms. The molecule has 1 atom stereocenters. The fourth-order valence-corrected chi connectivity index (χ4v) is 4.58. The van der Waals surface area contributed by atoms with Crippen molar-refractivity contribution in [2.45, 2.75) is 39.1 Å². The number of benzene rings is 2. The molecule has 1 N–H and O–H groups in total. The van der Waals surface area contributed by atoms with Crippen LogP contribution in [-0.2, 0) is 22.6 Å². The van der Waals surface area contributed by atoms with Crippen molar-refractivity contribution in [2.75, 3.05) is 64.5 Å². The van der Waals surface area contributed by atoms with Gasteiger partial charge in [0.15, 0.2) is 0 Å². The van der Waals surface area contributed by atoms with Gasteiger partial charge >= 0.3 is 0 Å². The van der Waals surface area contributed by atoms with E-state index in [1.807, 2.05) is 55.6 Å². The molecule has 1 saturated heterocycles. The molecule has 206 valence electrons. The normalized spacial score (nSPS) is 15.3. The highest BCUT2D eigenvalue weighted by atomic mass is 16.5. The Kier molecular flexibility index (Phi) is 10.7. The summed E-state index contributed by atoms with van der Waals surface area (Å²) in [6.45, 7) is 11.2. The molecule has 8 heteroatoms. The van der Waals surface area contributed by atoms with Crippen molar-refractivity contribution in [3.63, 3.8) is 0 Å². The third-order valence-corrected chi connectivity index (χ3v) is 7.02. The summed E-state index contributed by atoms with van der Waals surface area (Å²) in [4.78, 5) is 6.83. The van der Waals surface area contributed by atoms with Crippen molar-refractivity contribution < 1.29 is 19.1 Å². The Balaban J connectivity index is 1.50. The maximum Gasteiger partial charge on any atom is 0.232 e. The first-order valence-electron chi connectivity index (χ1n) is 13.6. The minimum absolute atomic E-state index is 0.254. The average Bonchev–Trinajstić information content (AvgIpc) is 3.36. The average molecular weight is 523 g/mol. The van der Waals surface area contributed by atoms with E-state index < -0.39 is 6.10 Å². The number of ether oxygens (including phenoxy) is 2. The molecule has 4 rings (SSSR count). The van der Waals surface area contributed by atoms with Crippen LogP contribution in [0.2, 0.25) is 0 Å². The molecule has 0 amide bonds. The van der Waals surface area contributed by atoms with Gasteiger partial charge in [-0.1, -0.05) is 65.8 Å². The Morgan fingerprint density at radius 1 is 1.03 bits per heavy atom. The Labute approximate surface area is 226 Å². The van der Waals surface area contributed by atoms with Crippen molar-refractivity contribution in [3.05, 3.63) is 71.8 Å². The molecule has 1 unspecified atom stereocenters. The molecule has 8 nitrogen and oxygen atoms in total. The van der Waals surface area contributed by atoms with Crippen molar-refractivity contribution >= 4 is 5.88 Å². The van der Waals surface area contributed by atoms with Gasteiger partial charge in [0.1, 0.15) is 5.69 Å². The summed E-state index contributed by atoms with van der Waals surface area (Å²) in [7, 11) is 2.04. The lowest BCUT2D eigenvalue weighted by atomic mass is 10.1. The largest absolute Gasteiger partial charge is 0.389 e. The lowest BCUT2D eigenvalue weighted by Gasteiger charge is -2.31. The topological polar surface area (TPSA) is 74.4 Å². The van der Waals surface area contributed by atoms with E-state index >= 15 is 0 Å². The Hall–Kier alpha value is -2.75. The van der Waals surface area contributed by atoms with Crippen LogP contribution in [0.15, 0.2) is 65.2 Å². The minimum atomic E-state index is -0.616. The van der Waals surface area contributed by atoms with Gasteiger partial charge in [0.25, 0.3) is 0 Å². The van der Waals surface area contributed by atoms with E-state index in [9.17, 15) is 5.11 Å². The summed E-state index contributed by atoms with van der Waals surface area (Å²) in [6, 6.07) is 20.5. The second-order valence-electron chi connectivity index (χ2n) is 10.2. The fourth-order valence-electron chi connectivity index (χ4n) is 4.58. The first kappa shape index (κ1) is 28.3. The van der Waals surface area contributed by atoms with E-state index in [2.05, 4.69) is 45.8 Å². The van der Waals surface area contributed by atoms with Gasteiger partial charge in [-0.3, -0.25) is 9.80 Å². The van der Waals surface area contributed by atoms with Gasteiger partial charge < -0.3 is 24.0 Å². The quantitative estimate of drug-likeness (QED) is 0.342. The van der Waals surface area contributed by atoms with Crippen LogP contribution in [0.5, 0.6) is 0 Å². The zero-order valence-electron chi connectivity index (χ0n) is 23.0. The highest BCUT2D eigenvalue weighted by molar-refractivity contribution is 5.68. The Morgan fingerprint density at radius 3 is 2.39 bits per heavy atom. The predicted octanol–water partition coefficient (Wildman–Crippen LogP) is 3.90. The van der Waals surface area contributed by atoms with Crippen LogP contribution in [0.25, 0.3) is 11.3 Å². The van der Waals surface area contributed by atoms with Crippen molar-refractivity contribution in [1.29, 1.82) is 0 Å². The van der Waals surface area contributed by atoms with E-state index in [-0.39, 0.29) is 12.6 Å². The summed E-state index contributed by atoms with van der Waals surface area (Å²) >= 11 is 0. The van der Waals surface area contributed by atoms with Gasteiger partial charge in [0, 0.05) is 57.9 Å². The molecular formula is C30H42N4O4. The van der Waals surface area contributed by atoms with Gasteiger partial charge in [-0.2, -0.15) is 0 Å². The summed E-state index contributed by atoms with van der Waals surface area (Å²) < 4.78 is 17.3. The number of aromatic nitrogens is 1. The van der Waals surface area contributed by atoms with Gasteiger partial charge in [-0.05, 0) is 19.4 Å². The van der Waals surface area contributed by atoms with E-state index in [1.165, 1.54) is 0 Å². The number of hydrogen-bond donors (Lipinski definition) is 1. The number of anilines is 1. The zero-order valence-corrected chi connectivity index (χ0v) is 23.0. The molecular weight excluding hydrogens is 480 g/mol. The summed E-state index contributed by atoms with van der Waals surface area (Å²) in [5.74, 6) is 0.769. The van der Waals surface area contributed by atoms with E-state index in [0.717, 1.165) is 67.7 Å². The van der Waals surface area contributed by atoms with Crippen LogP contribution in [0.3, 0.4) is 0 Å². The molecule has 0 saturated carbocycles. The van der Waals surface area contributed by atoms with Gasteiger partial charge in [0.2, 0.25) is 5.88 Å². The monoisotopic (exact) mass is 522 g/mol. The molecule has 0 radical (unpaired) electrons. The predicted molar refractivity (Wildman–Crippen MR) is 150 cm³/mol. The van der Waals surface area contributed by atoms with Gasteiger partial charge in [-0.15, -0.1) is 0 Å². The van der Waals surface area contributed by atoms with Crippen molar-refractivity contribution in [3.8, 4) is 11.3 Å². The molecule has 1 aliphatic heterocycles. The molecule has 2 heterocycles. The lowest BCUT2D eigenvalue weighted by molar-refractivity contribution is 0.00213. The van der Waals surface area contributed by atoms with Crippen LogP contribution < -0.4 is 4.90 Å². The smallest absolute Gasteiger partial charge is 0.232 e. The van der Waals surface area contributed by atoms with Crippen LogP contribution >= 0.6 is 0 Å². The third kappa shape index (κ3) is 8.12. The molecule has 0 aliphatic carbocycles. The number of nitrogens with zero attached hydrogens (tertiary/aromatic N) is 4. The maximum absolute atomic E-state index is 11.0. The lowest BCUT2D eigenvalue weighted by Crippen LogP contribution is -2.43. The molecule has 1 fully saturated rings. The second kappa shape index (κ2) is 14.4. The summed E-state index contributed by atoms with van der Waals surface area (Å²) in [6.07, 6.45) is -0.616. The molecule has 2 aromatic carbocycles. The van der Waals surface area contributed by atoms with Crippen LogP contribution in [0.4, 0.5) is 5.88 Å². The van der Waals surface area contributed by atoms with E-state index in [4.69, 9.17) is 14.0 Å². The fraction of sp³-hybridized carbons (Fsp3) is 0.500. The van der Waals surface area contributed by atoms with Crippen LogP contribution in [-0.4, -0.2) is 91.8 Å². The Morgan fingerprint density at radius 2 is 1.71 bits per heavy atom. The highest BCUT2D eigenvalue weighted by Gasteiger charge is 2.25. The summed E-state index contributed by atoms with van der Waals surface area (Å²) in [5, 5.41) is 15.5. The first-order valence-corrected chi connectivity index (χ1v) is 13.6. The SMILES string of the molecule is CC(C)N(C)c1onc(-c2ccccc2)c1CN(CCN1CCOCC1)CC(O)COCc1ccccc1. The number of aliphatic hydroxyl groups is 1. The maximum atomic E-state index is 11.0. The molecule has 1 aliphatic rings. The van der Waals surface area contributed by atoms with Gasteiger partial charge in [-0.25, -0.2) is 0 Å². The highest BCUT2D eigenvalue weighted by Crippen LogP contribution is 2.32. The zero-order chi connectivity index (χ0) is 26.7. The molecule has 3 aromatic rings. The molecule has 38 heavy (non-hydrogen) atoms. The molecule has 0 spiro atoms. The first-order chi connectivity index (χ1) is 18.5. The van der Waals surface area contributed by atoms with E-state index in [0.29, 0.717) is 19.7 Å². The van der Waals surface area contributed by atoms with Crippen molar-refractivity contribution in [2.24, 2.45) is 0 Å². The molecule has 1 aromatic heterocycles. The third-order valence-electron chi connectivity index (χ3n) is 7.02. The number of morpholine rings is 1. The minimum Gasteiger partial charge on any atom is -0.389 e. The van der Waals surface area contributed by atoms with Crippen molar-refractivity contribution in [1.82, 2.24) is 15.0 Å². The van der Waals surface area contributed by atoms with Crippen LogP contribution in [0.1, 0.15) is 25.0 Å². The Bertz CT molecular complexity index is 1070. The van der Waals surface area contributed by atoms with Gasteiger partial charge in [0.05, 0.1) is 38.1 Å². The summed E-state index contributed by atoms with van der Waals surface area (Å²) in [5.41, 5.74) is 4.00. The standard InChI is InChI=1S/C30H42N4O4/c1-24(2)32(3)30-28(29(31-38-30)26-12-8-5-9-13-26)21-34(15-14-33-16-18-36-19-17-33)20-27(35)23-37-22-25-10-6-4-7-11-25/h4-13,24,27,35H,14-23H2,1-3H3.